The van der Waals surface area contributed by atoms with Crippen LogP contribution in [0.5, 0.6) is 0 Å². The summed E-state index contributed by atoms with van der Waals surface area (Å²) in [6.45, 7) is 3.26. The third-order valence-electron chi connectivity index (χ3n) is 2.55. The molecule has 0 aliphatic rings. The zero-order chi connectivity index (χ0) is 14.0. The van der Waals surface area contributed by atoms with Crippen molar-refractivity contribution >= 4 is 21.6 Å². The second-order valence-electron chi connectivity index (χ2n) is 4.48. The van der Waals surface area contributed by atoms with Crippen molar-refractivity contribution in [1.29, 1.82) is 0 Å². The molecule has 0 aliphatic heterocycles. The summed E-state index contributed by atoms with van der Waals surface area (Å²) < 4.78 is 22.0. The molecule has 1 heterocycles. The standard InChI is InChI=1S/C10H15N3O4S/c1-10(2,18(3,16)17)6-12-8-5-11-4-7(13-8)9(14)15/h4-5H,6H2,1-3H3,(H,12,13)(H,14,15). The van der Waals surface area contributed by atoms with E-state index in [1.54, 1.807) is 13.8 Å². The highest BCUT2D eigenvalue weighted by Gasteiger charge is 2.29. The number of hydrogen-bond acceptors (Lipinski definition) is 6. The molecule has 0 saturated heterocycles. The highest BCUT2D eigenvalue weighted by atomic mass is 32.2. The van der Waals surface area contributed by atoms with Crippen LogP contribution in [0.4, 0.5) is 5.82 Å². The zero-order valence-electron chi connectivity index (χ0n) is 10.3. The van der Waals surface area contributed by atoms with E-state index in [4.69, 9.17) is 5.11 Å². The predicted octanol–water partition coefficient (Wildman–Crippen LogP) is 0.410. The van der Waals surface area contributed by atoms with E-state index in [9.17, 15) is 13.2 Å². The monoisotopic (exact) mass is 273 g/mol. The Morgan fingerprint density at radius 1 is 1.44 bits per heavy atom. The molecule has 8 heteroatoms. The molecule has 18 heavy (non-hydrogen) atoms. The molecule has 7 nitrogen and oxygen atoms in total. The summed E-state index contributed by atoms with van der Waals surface area (Å²) in [4.78, 5) is 18.2. The van der Waals surface area contributed by atoms with E-state index >= 15 is 0 Å². The molecule has 0 aliphatic carbocycles. The summed E-state index contributed by atoms with van der Waals surface area (Å²) in [6, 6.07) is 0. The average Bonchev–Trinajstić information content (AvgIpc) is 2.25. The van der Waals surface area contributed by atoms with Gasteiger partial charge in [0, 0.05) is 12.8 Å². The molecule has 0 unspecified atom stereocenters. The minimum Gasteiger partial charge on any atom is -0.476 e. The topological polar surface area (TPSA) is 109 Å². The number of carbonyl (C=O) groups is 1. The van der Waals surface area contributed by atoms with Gasteiger partial charge in [-0.3, -0.25) is 4.98 Å². The van der Waals surface area contributed by atoms with Gasteiger partial charge in [-0.25, -0.2) is 18.2 Å². The maximum atomic E-state index is 11.5. The Hall–Kier alpha value is -1.70. The Balaban J connectivity index is 2.82. The molecule has 0 fully saturated rings. The Morgan fingerprint density at radius 2 is 2.06 bits per heavy atom. The highest BCUT2D eigenvalue weighted by molar-refractivity contribution is 7.92. The van der Waals surface area contributed by atoms with Crippen molar-refractivity contribution in [2.24, 2.45) is 0 Å². The molecule has 2 N–H and O–H groups in total. The van der Waals surface area contributed by atoms with Crippen LogP contribution in [0.15, 0.2) is 12.4 Å². The van der Waals surface area contributed by atoms with Crippen molar-refractivity contribution < 1.29 is 18.3 Å². The summed E-state index contributed by atoms with van der Waals surface area (Å²) in [7, 11) is -3.23. The number of aromatic nitrogens is 2. The minimum atomic E-state index is -3.23. The summed E-state index contributed by atoms with van der Waals surface area (Å²) in [5, 5.41) is 11.5. The van der Waals surface area contributed by atoms with Gasteiger partial charge in [0.1, 0.15) is 5.82 Å². The molecule has 100 valence electrons. The molecule has 0 saturated carbocycles. The van der Waals surface area contributed by atoms with E-state index in [2.05, 4.69) is 15.3 Å². The lowest BCUT2D eigenvalue weighted by Crippen LogP contribution is -2.38. The van der Waals surface area contributed by atoms with E-state index < -0.39 is 20.6 Å². The fraction of sp³-hybridized carbons (Fsp3) is 0.500. The van der Waals surface area contributed by atoms with E-state index in [-0.39, 0.29) is 18.1 Å². The fourth-order valence-corrected chi connectivity index (χ4v) is 1.32. The van der Waals surface area contributed by atoms with Crippen LogP contribution in [0.3, 0.4) is 0 Å². The van der Waals surface area contributed by atoms with Gasteiger partial charge >= 0.3 is 5.97 Å². The number of nitrogens with zero attached hydrogens (tertiary/aromatic N) is 2. The summed E-state index contributed by atoms with van der Waals surface area (Å²) in [5.74, 6) is -0.958. The van der Waals surface area contributed by atoms with Crippen LogP contribution in [0, 0.1) is 0 Å². The Morgan fingerprint density at radius 3 is 2.56 bits per heavy atom. The smallest absolute Gasteiger partial charge is 0.356 e. The average molecular weight is 273 g/mol. The van der Waals surface area contributed by atoms with Gasteiger partial charge in [0.25, 0.3) is 0 Å². The first-order valence-electron chi connectivity index (χ1n) is 5.12. The molecule has 0 spiro atoms. The van der Waals surface area contributed by atoms with Gasteiger partial charge in [-0.05, 0) is 13.8 Å². The van der Waals surface area contributed by atoms with E-state index in [0.29, 0.717) is 0 Å². The first-order chi connectivity index (χ1) is 8.13. The molecule has 0 radical (unpaired) electrons. The van der Waals surface area contributed by atoms with Crippen LogP contribution >= 0.6 is 0 Å². The van der Waals surface area contributed by atoms with Crippen LogP contribution in [-0.2, 0) is 9.84 Å². The van der Waals surface area contributed by atoms with Gasteiger partial charge in [0.15, 0.2) is 15.5 Å². The molecular weight excluding hydrogens is 258 g/mol. The predicted molar refractivity (Wildman–Crippen MR) is 66.4 cm³/mol. The molecule has 0 aromatic carbocycles. The molecule has 0 atom stereocenters. The number of carboxylic acids is 1. The second-order valence-corrected chi connectivity index (χ2v) is 7.13. The number of nitrogens with one attached hydrogen (secondary N) is 1. The van der Waals surface area contributed by atoms with Gasteiger partial charge in [-0.1, -0.05) is 0 Å². The van der Waals surface area contributed by atoms with Crippen molar-refractivity contribution in [3.05, 3.63) is 18.1 Å². The van der Waals surface area contributed by atoms with Gasteiger partial charge in [-0.15, -0.1) is 0 Å². The van der Waals surface area contributed by atoms with Gasteiger partial charge < -0.3 is 10.4 Å². The molecule has 1 aromatic heterocycles. The fourth-order valence-electron chi connectivity index (χ4n) is 0.989. The molecule has 0 amide bonds. The Labute approximate surface area is 105 Å². The van der Waals surface area contributed by atoms with E-state index in [1.165, 1.54) is 6.20 Å². The van der Waals surface area contributed by atoms with Crippen molar-refractivity contribution in [2.45, 2.75) is 18.6 Å². The summed E-state index contributed by atoms with van der Waals surface area (Å²) >= 11 is 0. The molecular formula is C10H15N3O4S. The Kier molecular flexibility index (Phi) is 3.90. The lowest BCUT2D eigenvalue weighted by Gasteiger charge is -2.22. The largest absolute Gasteiger partial charge is 0.476 e. The third kappa shape index (κ3) is 3.39. The zero-order valence-corrected chi connectivity index (χ0v) is 11.2. The number of carboxylic acid groups (broad SMARTS) is 1. The SMILES string of the molecule is CC(C)(CNc1cncc(C(=O)O)n1)S(C)(=O)=O. The van der Waals surface area contributed by atoms with Crippen LogP contribution < -0.4 is 5.32 Å². The lowest BCUT2D eigenvalue weighted by atomic mass is 10.2. The van der Waals surface area contributed by atoms with Crippen molar-refractivity contribution in [1.82, 2.24) is 9.97 Å². The van der Waals surface area contributed by atoms with Crippen molar-refractivity contribution in [2.75, 3.05) is 18.1 Å². The first-order valence-corrected chi connectivity index (χ1v) is 7.01. The minimum absolute atomic E-state index is 0.115. The van der Waals surface area contributed by atoms with Gasteiger partial charge in [0.2, 0.25) is 0 Å². The lowest BCUT2D eigenvalue weighted by molar-refractivity contribution is 0.0690. The number of aromatic carboxylic acids is 1. The maximum Gasteiger partial charge on any atom is 0.356 e. The van der Waals surface area contributed by atoms with Crippen molar-refractivity contribution in [3.8, 4) is 0 Å². The number of rotatable bonds is 5. The quantitative estimate of drug-likeness (QED) is 0.799. The molecule has 1 rings (SSSR count). The van der Waals surface area contributed by atoms with Gasteiger partial charge in [0.05, 0.1) is 17.1 Å². The van der Waals surface area contributed by atoms with Gasteiger partial charge in [-0.2, -0.15) is 0 Å². The molecule has 1 aromatic rings. The van der Waals surface area contributed by atoms with Crippen LogP contribution in [0.1, 0.15) is 24.3 Å². The number of anilines is 1. The van der Waals surface area contributed by atoms with Crippen LogP contribution in [-0.4, -0.2) is 47.0 Å². The normalized spacial score (nSPS) is 12.2. The molecule has 0 bridgehead atoms. The van der Waals surface area contributed by atoms with Crippen molar-refractivity contribution in [3.63, 3.8) is 0 Å². The highest BCUT2D eigenvalue weighted by Crippen LogP contribution is 2.15. The number of hydrogen-bond donors (Lipinski definition) is 2. The van der Waals surface area contributed by atoms with E-state index in [0.717, 1.165) is 12.5 Å². The summed E-state index contributed by atoms with van der Waals surface area (Å²) in [6.07, 6.45) is 3.61. The third-order valence-corrected chi connectivity index (χ3v) is 4.70. The van der Waals surface area contributed by atoms with Crippen LogP contribution in [0.2, 0.25) is 0 Å². The van der Waals surface area contributed by atoms with E-state index in [1.807, 2.05) is 0 Å². The second kappa shape index (κ2) is 4.89. The summed E-state index contributed by atoms with van der Waals surface area (Å²) in [5.41, 5.74) is -0.197. The number of sulfone groups is 1. The van der Waals surface area contributed by atoms with Crippen LogP contribution in [0.25, 0.3) is 0 Å². The Bertz CT molecular complexity index is 554. The first kappa shape index (κ1) is 14.4. The maximum absolute atomic E-state index is 11.5.